The first-order chi connectivity index (χ1) is 9.46. The Morgan fingerprint density at radius 3 is 2.45 bits per heavy atom. The highest BCUT2D eigenvalue weighted by Gasteiger charge is 2.54. The molecule has 1 heterocycles. The molecule has 0 aromatic heterocycles. The van der Waals surface area contributed by atoms with E-state index in [4.69, 9.17) is 5.73 Å². The van der Waals surface area contributed by atoms with Crippen LogP contribution in [-0.2, 0) is 9.59 Å². The molecule has 3 rings (SSSR count). The van der Waals surface area contributed by atoms with Crippen molar-refractivity contribution in [3.05, 3.63) is 23.8 Å². The van der Waals surface area contributed by atoms with Crippen molar-refractivity contribution in [2.75, 3.05) is 10.6 Å². The van der Waals surface area contributed by atoms with Crippen LogP contribution in [0.25, 0.3) is 0 Å². The number of amides is 2. The molecule has 1 saturated heterocycles. The zero-order chi connectivity index (χ0) is 14.5. The molecule has 2 amide bonds. The van der Waals surface area contributed by atoms with Crippen LogP contribution >= 0.6 is 0 Å². The lowest BCUT2D eigenvalue weighted by Crippen LogP contribution is -2.35. The van der Waals surface area contributed by atoms with Gasteiger partial charge in [-0.3, -0.25) is 9.59 Å². The number of halogens is 2. The third-order valence-corrected chi connectivity index (χ3v) is 4.28. The highest BCUT2D eigenvalue weighted by molar-refractivity contribution is 6.23. The molecule has 0 unspecified atom stereocenters. The maximum Gasteiger partial charge on any atom is 0.240 e. The average molecular weight is 280 g/mol. The van der Waals surface area contributed by atoms with Crippen molar-refractivity contribution in [1.29, 1.82) is 0 Å². The van der Waals surface area contributed by atoms with E-state index in [1.54, 1.807) is 0 Å². The smallest absolute Gasteiger partial charge is 0.240 e. The number of nitrogens with zero attached hydrogens (tertiary/aromatic N) is 1. The van der Waals surface area contributed by atoms with E-state index in [1.165, 1.54) is 0 Å². The Bertz CT molecular complexity index is 609. The standard InChI is InChI=1S/C14H14F2N2O2/c15-8-3-4-9(17)12(11(8)16)18-10(19)7-14(13(18)20)5-1-2-6-14/h3-4H,1-2,5-7,17H2. The van der Waals surface area contributed by atoms with E-state index in [1.807, 2.05) is 0 Å². The van der Waals surface area contributed by atoms with Gasteiger partial charge in [-0.1, -0.05) is 12.8 Å². The van der Waals surface area contributed by atoms with Crippen LogP contribution < -0.4 is 10.6 Å². The molecule has 4 nitrogen and oxygen atoms in total. The normalized spacial score (nSPS) is 21.2. The highest BCUT2D eigenvalue weighted by Crippen LogP contribution is 2.49. The molecule has 1 saturated carbocycles. The van der Waals surface area contributed by atoms with Crippen LogP contribution in [0.5, 0.6) is 0 Å². The Morgan fingerprint density at radius 1 is 1.15 bits per heavy atom. The van der Waals surface area contributed by atoms with Gasteiger partial charge < -0.3 is 5.73 Å². The molecule has 1 spiro atoms. The fourth-order valence-corrected chi connectivity index (χ4v) is 3.25. The molecule has 1 aromatic carbocycles. The molecule has 0 bridgehead atoms. The number of carbonyl (C=O) groups excluding carboxylic acids is 2. The van der Waals surface area contributed by atoms with Crippen molar-refractivity contribution in [3.8, 4) is 0 Å². The van der Waals surface area contributed by atoms with Crippen LogP contribution in [0.1, 0.15) is 32.1 Å². The van der Waals surface area contributed by atoms with Crippen LogP contribution in [0.15, 0.2) is 12.1 Å². The van der Waals surface area contributed by atoms with Crippen molar-refractivity contribution in [1.82, 2.24) is 0 Å². The van der Waals surface area contributed by atoms with Crippen LogP contribution in [0.3, 0.4) is 0 Å². The van der Waals surface area contributed by atoms with Crippen molar-refractivity contribution in [2.24, 2.45) is 5.41 Å². The quantitative estimate of drug-likeness (QED) is 0.634. The predicted octanol–water partition coefficient (Wildman–Crippen LogP) is 2.37. The van der Waals surface area contributed by atoms with Gasteiger partial charge in [0, 0.05) is 6.42 Å². The zero-order valence-electron chi connectivity index (χ0n) is 10.8. The first kappa shape index (κ1) is 13.0. The third kappa shape index (κ3) is 1.63. The Labute approximate surface area is 114 Å². The summed E-state index contributed by atoms with van der Waals surface area (Å²) in [7, 11) is 0. The third-order valence-electron chi connectivity index (χ3n) is 4.28. The highest BCUT2D eigenvalue weighted by atomic mass is 19.2. The largest absolute Gasteiger partial charge is 0.397 e. The maximum absolute atomic E-state index is 13.9. The molecular weight excluding hydrogens is 266 g/mol. The van der Waals surface area contributed by atoms with E-state index < -0.39 is 34.6 Å². The van der Waals surface area contributed by atoms with Crippen LogP contribution in [0.4, 0.5) is 20.2 Å². The number of anilines is 2. The van der Waals surface area contributed by atoms with Gasteiger partial charge in [-0.05, 0) is 25.0 Å². The minimum Gasteiger partial charge on any atom is -0.397 e. The second kappa shape index (κ2) is 4.26. The number of carbonyl (C=O) groups is 2. The second-order valence-corrected chi connectivity index (χ2v) is 5.50. The first-order valence-electron chi connectivity index (χ1n) is 6.57. The zero-order valence-corrected chi connectivity index (χ0v) is 10.8. The molecule has 0 radical (unpaired) electrons. The van der Waals surface area contributed by atoms with Crippen molar-refractivity contribution >= 4 is 23.2 Å². The van der Waals surface area contributed by atoms with Gasteiger partial charge in [-0.15, -0.1) is 0 Å². The Kier molecular flexibility index (Phi) is 2.77. The Morgan fingerprint density at radius 2 is 1.80 bits per heavy atom. The molecule has 2 aliphatic rings. The van der Waals surface area contributed by atoms with Crippen molar-refractivity contribution in [2.45, 2.75) is 32.1 Å². The lowest BCUT2D eigenvalue weighted by molar-refractivity contribution is -0.125. The fourth-order valence-electron chi connectivity index (χ4n) is 3.25. The van der Waals surface area contributed by atoms with E-state index in [-0.39, 0.29) is 12.1 Å². The summed E-state index contributed by atoms with van der Waals surface area (Å²) >= 11 is 0. The molecular formula is C14H14F2N2O2. The summed E-state index contributed by atoms with van der Waals surface area (Å²) in [5, 5.41) is 0. The number of nitrogen functional groups attached to an aromatic ring is 1. The van der Waals surface area contributed by atoms with Gasteiger partial charge >= 0.3 is 0 Å². The summed E-state index contributed by atoms with van der Waals surface area (Å²) in [6, 6.07) is 2.04. The summed E-state index contributed by atoms with van der Waals surface area (Å²) < 4.78 is 27.3. The summed E-state index contributed by atoms with van der Waals surface area (Å²) in [6.07, 6.45) is 3.03. The van der Waals surface area contributed by atoms with Crippen LogP contribution in [-0.4, -0.2) is 11.8 Å². The molecule has 0 atom stereocenters. The van der Waals surface area contributed by atoms with Crippen molar-refractivity contribution in [3.63, 3.8) is 0 Å². The van der Waals surface area contributed by atoms with Gasteiger partial charge in [0.1, 0.15) is 5.69 Å². The van der Waals surface area contributed by atoms with Crippen LogP contribution in [0, 0.1) is 17.0 Å². The van der Waals surface area contributed by atoms with Gasteiger partial charge in [0.25, 0.3) is 0 Å². The fraction of sp³-hybridized carbons (Fsp3) is 0.429. The van der Waals surface area contributed by atoms with E-state index in [0.717, 1.165) is 29.9 Å². The summed E-state index contributed by atoms with van der Waals surface area (Å²) in [5.74, 6) is -3.33. The van der Waals surface area contributed by atoms with E-state index >= 15 is 0 Å². The molecule has 1 aliphatic heterocycles. The minimum absolute atomic E-state index is 0.0568. The molecule has 2 fully saturated rings. The van der Waals surface area contributed by atoms with Gasteiger partial charge in [0.2, 0.25) is 11.8 Å². The van der Waals surface area contributed by atoms with Crippen molar-refractivity contribution < 1.29 is 18.4 Å². The number of hydrogen-bond donors (Lipinski definition) is 1. The topological polar surface area (TPSA) is 63.4 Å². The van der Waals surface area contributed by atoms with E-state index in [0.29, 0.717) is 12.8 Å². The molecule has 20 heavy (non-hydrogen) atoms. The number of nitrogens with two attached hydrogens (primary N) is 1. The Balaban J connectivity index is 2.09. The first-order valence-corrected chi connectivity index (χ1v) is 6.57. The van der Waals surface area contributed by atoms with Gasteiger partial charge in [-0.25, -0.2) is 13.7 Å². The summed E-state index contributed by atoms with van der Waals surface area (Å²) in [5.41, 5.74) is 4.34. The maximum atomic E-state index is 13.9. The predicted molar refractivity (Wildman–Crippen MR) is 68.8 cm³/mol. The van der Waals surface area contributed by atoms with Gasteiger partial charge in [0.05, 0.1) is 11.1 Å². The van der Waals surface area contributed by atoms with Gasteiger partial charge in [0.15, 0.2) is 11.6 Å². The molecule has 1 aliphatic carbocycles. The summed E-state index contributed by atoms with van der Waals surface area (Å²) in [4.78, 5) is 25.4. The van der Waals surface area contributed by atoms with E-state index in [2.05, 4.69) is 0 Å². The number of benzene rings is 1. The number of hydrogen-bond acceptors (Lipinski definition) is 3. The van der Waals surface area contributed by atoms with Gasteiger partial charge in [-0.2, -0.15) is 0 Å². The lowest BCUT2D eigenvalue weighted by atomic mass is 9.84. The monoisotopic (exact) mass is 280 g/mol. The van der Waals surface area contributed by atoms with E-state index in [9.17, 15) is 18.4 Å². The molecule has 2 N–H and O–H groups in total. The minimum atomic E-state index is -1.25. The SMILES string of the molecule is Nc1ccc(F)c(F)c1N1C(=O)CC2(CCCC2)C1=O. The number of rotatable bonds is 1. The summed E-state index contributed by atoms with van der Waals surface area (Å²) in [6.45, 7) is 0. The lowest BCUT2D eigenvalue weighted by Gasteiger charge is -2.22. The Hall–Kier alpha value is -1.98. The van der Waals surface area contributed by atoms with Crippen LogP contribution in [0.2, 0.25) is 0 Å². The number of imide groups is 1. The second-order valence-electron chi connectivity index (χ2n) is 5.50. The molecule has 1 aromatic rings. The molecule has 106 valence electrons. The average Bonchev–Trinajstić information content (AvgIpc) is 2.96. The molecule has 6 heteroatoms.